The molecule has 9 heteroatoms. The molecule has 2 aromatic carbocycles. The summed E-state index contributed by atoms with van der Waals surface area (Å²) >= 11 is 3.51. The number of anilines is 1. The smallest absolute Gasteiger partial charge is 0.417 e. The van der Waals surface area contributed by atoms with Crippen molar-refractivity contribution < 1.29 is 24.2 Å². The minimum absolute atomic E-state index is 0.0646. The predicted molar refractivity (Wildman–Crippen MR) is 124 cm³/mol. The molecule has 0 radical (unpaired) electrons. The van der Waals surface area contributed by atoms with Crippen LogP contribution in [-0.2, 0) is 14.3 Å². The van der Waals surface area contributed by atoms with Gasteiger partial charge in [-0.25, -0.2) is 9.59 Å². The molecule has 2 N–H and O–H groups in total. The van der Waals surface area contributed by atoms with Gasteiger partial charge in [0.15, 0.2) is 0 Å². The Hall–Kier alpha value is -3.04. The van der Waals surface area contributed by atoms with Gasteiger partial charge < -0.3 is 24.5 Å². The molecule has 0 spiro atoms. The lowest BCUT2D eigenvalue weighted by molar-refractivity contribution is -0.169. The molecule has 1 saturated heterocycles. The average Bonchev–Trinajstić information content (AvgIpc) is 3.27. The first-order chi connectivity index (χ1) is 15.5. The van der Waals surface area contributed by atoms with Crippen LogP contribution in [0.15, 0.2) is 59.2 Å². The molecule has 0 saturated carbocycles. The number of benzene rings is 2. The largest absolute Gasteiger partial charge is 0.489 e. The van der Waals surface area contributed by atoms with Crippen LogP contribution in [0, 0.1) is 0 Å². The fraction of sp³-hybridized carbons (Fsp3) is 0.304. The summed E-state index contributed by atoms with van der Waals surface area (Å²) < 4.78 is 12.2. The molecule has 1 fully saturated rings. The zero-order valence-electron chi connectivity index (χ0n) is 17.4. The summed E-state index contributed by atoms with van der Waals surface area (Å²) in [6.45, 7) is 3.63. The number of carbonyl (C=O) groups is 2. The van der Waals surface area contributed by atoms with Gasteiger partial charge in [0.2, 0.25) is 0 Å². The van der Waals surface area contributed by atoms with Crippen molar-refractivity contribution in [3.8, 4) is 5.75 Å². The van der Waals surface area contributed by atoms with E-state index in [1.807, 2.05) is 42.6 Å². The maximum Gasteiger partial charge on any atom is 0.417 e. The van der Waals surface area contributed by atoms with Crippen LogP contribution in [0.1, 0.15) is 0 Å². The van der Waals surface area contributed by atoms with Crippen molar-refractivity contribution in [2.24, 2.45) is 0 Å². The Morgan fingerprint density at radius 2 is 1.88 bits per heavy atom. The standard InChI is InChI=1S/C23H24BrN3O5/c24-16-3-1-4-17(13-16)27-11-9-26(10-12-27)14-18(32-23(30)22(28)29)15-31-21-6-2-5-20-19(21)7-8-25-20/h1-8,13,18,25H,9-12,14-15H2,(H,28,29)/t18-/m0/s1. The number of aromatic nitrogens is 1. The number of aromatic amines is 1. The number of rotatable bonds is 7. The summed E-state index contributed by atoms with van der Waals surface area (Å²) in [6.07, 6.45) is 1.12. The van der Waals surface area contributed by atoms with Crippen molar-refractivity contribution >= 4 is 44.5 Å². The van der Waals surface area contributed by atoms with Crippen LogP contribution >= 0.6 is 15.9 Å². The molecule has 4 rings (SSSR count). The van der Waals surface area contributed by atoms with Crippen molar-refractivity contribution in [2.75, 3.05) is 44.2 Å². The highest BCUT2D eigenvalue weighted by molar-refractivity contribution is 9.10. The summed E-state index contributed by atoms with van der Waals surface area (Å²) in [5, 5.41) is 9.89. The fourth-order valence-corrected chi connectivity index (χ4v) is 4.23. The van der Waals surface area contributed by atoms with Gasteiger partial charge in [0.05, 0.1) is 0 Å². The normalized spacial score (nSPS) is 15.5. The number of carboxylic acid groups (broad SMARTS) is 1. The molecule has 8 nitrogen and oxygen atoms in total. The first-order valence-corrected chi connectivity index (χ1v) is 11.1. The molecule has 1 aliphatic rings. The number of piperazine rings is 1. The van der Waals surface area contributed by atoms with Crippen molar-refractivity contribution in [1.82, 2.24) is 9.88 Å². The van der Waals surface area contributed by atoms with Crippen molar-refractivity contribution in [3.05, 3.63) is 59.2 Å². The summed E-state index contributed by atoms with van der Waals surface area (Å²) in [6, 6.07) is 15.7. The molecule has 2 heterocycles. The molecular formula is C23H24BrN3O5. The van der Waals surface area contributed by atoms with Crippen LogP contribution in [0.4, 0.5) is 5.69 Å². The van der Waals surface area contributed by atoms with E-state index in [1.165, 1.54) is 0 Å². The van der Waals surface area contributed by atoms with Gasteiger partial charge in [-0.3, -0.25) is 4.90 Å². The number of fused-ring (bicyclic) bond motifs is 1. The zero-order valence-corrected chi connectivity index (χ0v) is 19.0. The Morgan fingerprint density at radius 3 is 2.62 bits per heavy atom. The lowest BCUT2D eigenvalue weighted by Gasteiger charge is -2.37. The highest BCUT2D eigenvalue weighted by Crippen LogP contribution is 2.25. The number of nitrogens with zero attached hydrogens (tertiary/aromatic N) is 2. The number of ether oxygens (including phenoxy) is 2. The number of aliphatic carboxylic acids is 1. The molecule has 0 unspecified atom stereocenters. The lowest BCUT2D eigenvalue weighted by atomic mass is 10.2. The van der Waals surface area contributed by atoms with E-state index >= 15 is 0 Å². The van der Waals surface area contributed by atoms with Crippen LogP contribution < -0.4 is 9.64 Å². The number of carbonyl (C=O) groups excluding carboxylic acids is 1. The van der Waals surface area contributed by atoms with Crippen LogP contribution in [0.5, 0.6) is 5.75 Å². The quantitative estimate of drug-likeness (QED) is 0.379. The van der Waals surface area contributed by atoms with E-state index in [9.17, 15) is 9.59 Å². The highest BCUT2D eigenvalue weighted by atomic mass is 79.9. The summed E-state index contributed by atoms with van der Waals surface area (Å²) in [7, 11) is 0. The van der Waals surface area contributed by atoms with Crippen LogP contribution in [0.2, 0.25) is 0 Å². The summed E-state index contributed by atoms with van der Waals surface area (Å²) in [5.41, 5.74) is 2.08. The summed E-state index contributed by atoms with van der Waals surface area (Å²) in [5.74, 6) is -2.23. The van der Waals surface area contributed by atoms with Gasteiger partial charge in [0.1, 0.15) is 18.5 Å². The topological polar surface area (TPSA) is 95.1 Å². The fourth-order valence-electron chi connectivity index (χ4n) is 3.84. The predicted octanol–water partition coefficient (Wildman–Crippen LogP) is 3.13. The number of carboxylic acids is 1. The third-order valence-corrected chi connectivity index (χ3v) is 5.93. The van der Waals surface area contributed by atoms with Gasteiger partial charge in [-0.2, -0.15) is 0 Å². The van der Waals surface area contributed by atoms with Gasteiger partial charge >= 0.3 is 11.9 Å². The Morgan fingerprint density at radius 1 is 1.09 bits per heavy atom. The Balaban J connectivity index is 1.38. The third-order valence-electron chi connectivity index (χ3n) is 5.44. The van der Waals surface area contributed by atoms with Gasteiger partial charge in [0, 0.05) is 60.0 Å². The molecule has 3 aromatic rings. The molecule has 1 aliphatic heterocycles. The van der Waals surface area contributed by atoms with Gasteiger partial charge in [-0.05, 0) is 36.4 Å². The molecule has 168 valence electrons. The van der Waals surface area contributed by atoms with E-state index in [4.69, 9.17) is 14.6 Å². The Kier molecular flexibility index (Phi) is 6.96. The van der Waals surface area contributed by atoms with Gasteiger partial charge in [0.25, 0.3) is 0 Å². The third kappa shape index (κ3) is 5.41. The number of halogens is 1. The molecule has 1 atom stereocenters. The molecule has 0 aliphatic carbocycles. The van der Waals surface area contributed by atoms with E-state index in [-0.39, 0.29) is 6.61 Å². The molecule has 0 amide bonds. The Labute approximate surface area is 193 Å². The molecule has 32 heavy (non-hydrogen) atoms. The molecule has 1 aromatic heterocycles. The maximum absolute atomic E-state index is 11.7. The SMILES string of the molecule is O=C(O)C(=O)O[C@H](COc1cccc2[nH]ccc12)CN1CCN(c2cccc(Br)c2)CC1. The first-order valence-electron chi connectivity index (χ1n) is 10.4. The number of nitrogens with one attached hydrogen (secondary N) is 1. The van der Waals surface area contributed by atoms with Gasteiger partial charge in [-0.1, -0.05) is 28.1 Å². The minimum atomic E-state index is -1.61. The van der Waals surface area contributed by atoms with Crippen LogP contribution in [0.25, 0.3) is 10.9 Å². The van der Waals surface area contributed by atoms with E-state index in [0.717, 1.165) is 47.2 Å². The molecular weight excluding hydrogens is 478 g/mol. The number of H-pyrrole nitrogens is 1. The number of hydrogen-bond acceptors (Lipinski definition) is 6. The summed E-state index contributed by atoms with van der Waals surface area (Å²) in [4.78, 5) is 30.3. The van der Waals surface area contributed by atoms with E-state index in [0.29, 0.717) is 12.3 Å². The van der Waals surface area contributed by atoms with Crippen molar-refractivity contribution in [1.29, 1.82) is 0 Å². The second-order valence-corrected chi connectivity index (χ2v) is 8.52. The Bertz CT molecular complexity index is 1090. The van der Waals surface area contributed by atoms with Crippen molar-refractivity contribution in [3.63, 3.8) is 0 Å². The zero-order chi connectivity index (χ0) is 22.5. The van der Waals surface area contributed by atoms with Crippen LogP contribution in [0.3, 0.4) is 0 Å². The second kappa shape index (κ2) is 10.1. The monoisotopic (exact) mass is 501 g/mol. The maximum atomic E-state index is 11.7. The van der Waals surface area contributed by atoms with Gasteiger partial charge in [-0.15, -0.1) is 0 Å². The average molecular weight is 502 g/mol. The lowest BCUT2D eigenvalue weighted by Crippen LogP contribution is -2.50. The number of esters is 1. The first kappa shape index (κ1) is 22.2. The van der Waals surface area contributed by atoms with E-state index < -0.39 is 18.0 Å². The highest BCUT2D eigenvalue weighted by Gasteiger charge is 2.26. The van der Waals surface area contributed by atoms with Crippen molar-refractivity contribution in [2.45, 2.75) is 6.10 Å². The second-order valence-electron chi connectivity index (χ2n) is 7.61. The minimum Gasteiger partial charge on any atom is -0.489 e. The van der Waals surface area contributed by atoms with E-state index in [2.05, 4.69) is 42.8 Å². The van der Waals surface area contributed by atoms with E-state index in [1.54, 1.807) is 0 Å². The number of hydrogen-bond donors (Lipinski definition) is 2. The molecule has 0 bridgehead atoms. The van der Waals surface area contributed by atoms with Crippen LogP contribution in [-0.4, -0.2) is 72.4 Å².